The first-order valence-corrected chi connectivity index (χ1v) is 18.9. The Kier molecular flexibility index (Phi) is 12.4. The second kappa shape index (κ2) is 17.6. The largest absolute Gasteiger partial charge is 0.507 e. The van der Waals surface area contributed by atoms with E-state index in [0.29, 0.717) is 29.2 Å². The molecule has 6 rings (SSSR count). The normalized spacial score (nSPS) is 18.1. The molecule has 2 aliphatic heterocycles. The van der Waals surface area contributed by atoms with Crippen LogP contribution in [0.5, 0.6) is 11.5 Å². The van der Waals surface area contributed by atoms with Crippen molar-refractivity contribution in [3.05, 3.63) is 107 Å². The lowest BCUT2D eigenvalue weighted by molar-refractivity contribution is -0.139. The summed E-state index contributed by atoms with van der Waals surface area (Å²) in [7, 11) is 1.36. The highest BCUT2D eigenvalue weighted by Crippen LogP contribution is 2.38. The van der Waals surface area contributed by atoms with Crippen molar-refractivity contribution in [3.63, 3.8) is 0 Å². The fourth-order valence-electron chi connectivity index (χ4n) is 6.86. The lowest BCUT2D eigenvalue weighted by Gasteiger charge is -2.30. The summed E-state index contributed by atoms with van der Waals surface area (Å²) >= 11 is 5.99. The zero-order valence-electron chi connectivity index (χ0n) is 31.4. The molecule has 4 aromatic rings. The van der Waals surface area contributed by atoms with Crippen molar-refractivity contribution < 1.29 is 39.0 Å². The third-order valence-electron chi connectivity index (χ3n) is 10.1. The van der Waals surface area contributed by atoms with Crippen molar-refractivity contribution >= 4 is 47.0 Å². The lowest BCUT2D eigenvalue weighted by atomic mass is 9.93. The number of hydrogen-bond donors (Lipinski definition) is 6. The maximum absolute atomic E-state index is 14.1. The number of likely N-dealkylation sites (tertiary alicyclic amines) is 1. The van der Waals surface area contributed by atoms with Crippen LogP contribution >= 0.6 is 11.6 Å². The van der Waals surface area contributed by atoms with Crippen molar-refractivity contribution in [1.82, 2.24) is 31.1 Å². The van der Waals surface area contributed by atoms with Crippen LogP contribution in [0.1, 0.15) is 47.3 Å². The van der Waals surface area contributed by atoms with Crippen LogP contribution in [0.25, 0.3) is 22.3 Å². The fraction of sp³-hybridized carbons (Fsp3) is 0.286. The predicted octanol–water partition coefficient (Wildman–Crippen LogP) is 3.30. The molecule has 0 aromatic heterocycles. The average molecular weight is 795 g/mol. The van der Waals surface area contributed by atoms with Crippen LogP contribution in [0.4, 0.5) is 0 Å². The number of hydrogen-bond acceptors (Lipinski definition) is 8. The molecule has 1 saturated heterocycles. The number of nitrogens with one attached hydrogen (secondary N) is 4. The van der Waals surface area contributed by atoms with Gasteiger partial charge in [-0.05, 0) is 90.6 Å². The first kappa shape index (κ1) is 40.3. The smallest absolute Gasteiger partial charge is 0.251 e. The van der Waals surface area contributed by atoms with Crippen LogP contribution < -0.4 is 21.3 Å². The topological polar surface area (TPSA) is 197 Å². The fourth-order valence-corrected chi connectivity index (χ4v) is 6.99. The number of carbonyl (C=O) groups is 6. The first-order chi connectivity index (χ1) is 27.3. The molecule has 14 nitrogen and oxygen atoms in total. The second-order valence-electron chi connectivity index (χ2n) is 14.1. The second-order valence-corrected chi connectivity index (χ2v) is 14.5. The summed E-state index contributed by atoms with van der Waals surface area (Å²) in [5.41, 5.74) is 3.10. The number of nitrogens with zero attached hydrogens (tertiary/aromatic N) is 2. The highest BCUT2D eigenvalue weighted by molar-refractivity contribution is 6.30. The van der Waals surface area contributed by atoms with Crippen LogP contribution in [0.2, 0.25) is 5.02 Å². The summed E-state index contributed by atoms with van der Waals surface area (Å²) in [6.45, 7) is 1.88. The molecule has 3 atom stereocenters. The van der Waals surface area contributed by atoms with Gasteiger partial charge in [0.05, 0.1) is 13.1 Å². The van der Waals surface area contributed by atoms with E-state index in [1.807, 2.05) is 12.1 Å². The molecular formula is C42H43ClN6O8. The Morgan fingerprint density at radius 1 is 0.789 bits per heavy atom. The van der Waals surface area contributed by atoms with E-state index in [1.165, 1.54) is 38.2 Å². The van der Waals surface area contributed by atoms with Crippen molar-refractivity contribution in [2.24, 2.45) is 0 Å². The van der Waals surface area contributed by atoms with Crippen molar-refractivity contribution in [3.8, 4) is 33.8 Å². The van der Waals surface area contributed by atoms with Gasteiger partial charge in [-0.25, -0.2) is 0 Å². The zero-order valence-corrected chi connectivity index (χ0v) is 32.1. The van der Waals surface area contributed by atoms with Gasteiger partial charge in [0.2, 0.25) is 29.5 Å². The summed E-state index contributed by atoms with van der Waals surface area (Å²) in [5, 5.41) is 33.0. The van der Waals surface area contributed by atoms with Crippen LogP contribution in [-0.2, 0) is 30.4 Å². The molecule has 6 N–H and O–H groups in total. The van der Waals surface area contributed by atoms with E-state index in [1.54, 1.807) is 53.4 Å². The number of benzene rings is 4. The number of rotatable bonds is 8. The highest BCUT2D eigenvalue weighted by atomic mass is 35.5. The summed E-state index contributed by atoms with van der Waals surface area (Å²) in [4.78, 5) is 83.3. The third kappa shape index (κ3) is 9.52. The lowest BCUT2D eigenvalue weighted by Crippen LogP contribution is -2.55. The van der Waals surface area contributed by atoms with E-state index in [9.17, 15) is 39.0 Å². The molecule has 0 saturated carbocycles. The summed E-state index contributed by atoms with van der Waals surface area (Å²) in [6.07, 6.45) is 1.71. The maximum Gasteiger partial charge on any atom is 0.251 e. The van der Waals surface area contributed by atoms with Gasteiger partial charge in [0.15, 0.2) is 0 Å². The van der Waals surface area contributed by atoms with E-state index < -0.39 is 54.2 Å². The van der Waals surface area contributed by atoms with Crippen LogP contribution in [-0.4, -0.2) is 101 Å². The number of aromatic hydroxyl groups is 2. The van der Waals surface area contributed by atoms with Gasteiger partial charge >= 0.3 is 0 Å². The highest BCUT2D eigenvalue weighted by Gasteiger charge is 2.33. The Morgan fingerprint density at radius 3 is 2.07 bits per heavy atom. The monoisotopic (exact) mass is 794 g/mol. The Hall–Kier alpha value is -6.41. The molecule has 4 aromatic carbocycles. The third-order valence-corrected chi connectivity index (χ3v) is 10.4. The number of likely N-dealkylation sites (N-methyl/N-ethyl adjacent to an activating group) is 1. The molecule has 15 heteroatoms. The Bertz CT molecular complexity index is 2190. The summed E-state index contributed by atoms with van der Waals surface area (Å²) in [5.74, 6) is -4.01. The van der Waals surface area contributed by atoms with Crippen LogP contribution in [0.3, 0.4) is 0 Å². The molecule has 2 unspecified atom stereocenters. The van der Waals surface area contributed by atoms with Gasteiger partial charge in [0, 0.05) is 48.3 Å². The first-order valence-electron chi connectivity index (χ1n) is 18.5. The molecule has 2 aliphatic rings. The average Bonchev–Trinajstić information content (AvgIpc) is 3.75. The van der Waals surface area contributed by atoms with Gasteiger partial charge in [-0.2, -0.15) is 0 Å². The minimum atomic E-state index is -1.38. The molecule has 296 valence electrons. The van der Waals surface area contributed by atoms with E-state index in [2.05, 4.69) is 21.3 Å². The minimum absolute atomic E-state index is 0.0536. The number of amides is 6. The molecule has 57 heavy (non-hydrogen) atoms. The van der Waals surface area contributed by atoms with E-state index in [0.717, 1.165) is 28.9 Å². The molecule has 2 heterocycles. The predicted molar refractivity (Wildman–Crippen MR) is 212 cm³/mol. The standard InChI is InChI=1S/C42H43ClN6O8/c1-24-39(54)47-33(41(56)45-23-37(53)49-17-3-4-18-49)20-25-5-15-34(50)31(19-25)32-21-29(12-16-35(32)51)38(42(57)46-24)48(2)36(52)22-44-40(55)28-8-6-26(7-9-28)27-10-13-30(43)14-11-27/h5-16,19,21,24,33,38,50-51H,3-4,17-18,20,22-23H2,1-2H3,(H,44,55)(H,45,56)(H,46,57)(H,47,54)/t24-,33?,38?/m0/s1. The van der Waals surface area contributed by atoms with Crippen molar-refractivity contribution in [1.29, 1.82) is 0 Å². The van der Waals surface area contributed by atoms with Gasteiger partial charge < -0.3 is 41.3 Å². The molecule has 4 bridgehead atoms. The van der Waals surface area contributed by atoms with Gasteiger partial charge in [0.1, 0.15) is 29.6 Å². The van der Waals surface area contributed by atoms with E-state index in [4.69, 9.17) is 11.6 Å². The molecule has 0 radical (unpaired) electrons. The molecule has 0 aliphatic carbocycles. The van der Waals surface area contributed by atoms with Crippen molar-refractivity contribution in [2.75, 3.05) is 33.2 Å². The van der Waals surface area contributed by atoms with Gasteiger partial charge in [-0.1, -0.05) is 48.0 Å². The SMILES string of the molecule is C[C@@H]1NC(=O)C(N(C)C(=O)CNC(=O)c2ccc(-c3ccc(Cl)cc3)cc2)c2ccc(O)c(c2)-c2cc(ccc2O)CC(C(=O)NCC(=O)N2CCCC2)NC1=O. The van der Waals surface area contributed by atoms with Crippen LogP contribution in [0.15, 0.2) is 84.9 Å². The molecule has 0 spiro atoms. The quantitative estimate of drug-likeness (QED) is 0.156. The molecule has 6 amide bonds. The Morgan fingerprint density at radius 2 is 1.40 bits per heavy atom. The van der Waals surface area contributed by atoms with E-state index >= 15 is 0 Å². The Labute approximate surface area is 334 Å². The summed E-state index contributed by atoms with van der Waals surface area (Å²) in [6, 6.07) is 18.9. The molecular weight excluding hydrogens is 752 g/mol. The number of fused-ring (bicyclic) bond motifs is 5. The van der Waals surface area contributed by atoms with Gasteiger partial charge in [-0.3, -0.25) is 28.8 Å². The zero-order chi connectivity index (χ0) is 40.8. The van der Waals surface area contributed by atoms with Crippen molar-refractivity contribution in [2.45, 2.75) is 44.3 Å². The van der Waals surface area contributed by atoms with Crippen LogP contribution in [0, 0.1) is 0 Å². The number of halogens is 1. The number of phenolic OH excluding ortho intramolecular Hbond substituents is 2. The van der Waals surface area contributed by atoms with E-state index in [-0.39, 0.29) is 47.1 Å². The minimum Gasteiger partial charge on any atom is -0.507 e. The molecule has 1 fully saturated rings. The number of phenols is 2. The van der Waals surface area contributed by atoms with Gasteiger partial charge in [0.25, 0.3) is 5.91 Å². The number of carbonyl (C=O) groups excluding carboxylic acids is 6. The Balaban J connectivity index is 1.23. The van der Waals surface area contributed by atoms with Gasteiger partial charge in [-0.15, -0.1) is 0 Å². The summed E-state index contributed by atoms with van der Waals surface area (Å²) < 4.78 is 0. The maximum atomic E-state index is 14.1.